The van der Waals surface area contributed by atoms with Gasteiger partial charge in [0.25, 0.3) is 0 Å². The van der Waals surface area contributed by atoms with Crippen LogP contribution in [-0.2, 0) is 0 Å². The number of hydrogen-bond acceptors (Lipinski definition) is 3. The van der Waals surface area contributed by atoms with Gasteiger partial charge in [0.2, 0.25) is 11.2 Å². The van der Waals surface area contributed by atoms with Crippen molar-refractivity contribution in [3.8, 4) is 5.88 Å². The zero-order valence-corrected chi connectivity index (χ0v) is 7.99. The Labute approximate surface area is 86.8 Å². The molecule has 0 amide bonds. The van der Waals surface area contributed by atoms with E-state index in [0.29, 0.717) is 0 Å². The number of aromatic nitrogens is 2. The molecule has 0 bridgehead atoms. The molecule has 78 valence electrons. The van der Waals surface area contributed by atoms with Crippen molar-refractivity contribution in [2.45, 2.75) is 6.18 Å². The van der Waals surface area contributed by atoms with Gasteiger partial charge in [0, 0.05) is 6.07 Å². The molecule has 14 heavy (non-hydrogen) atoms. The fourth-order valence-electron chi connectivity index (χ4n) is 0.600. The van der Waals surface area contributed by atoms with Gasteiger partial charge in [-0.15, -0.1) is 0 Å². The summed E-state index contributed by atoms with van der Waals surface area (Å²) >= 11 is 10.7. The lowest BCUT2D eigenvalue weighted by molar-refractivity contribution is -0.154. The second kappa shape index (κ2) is 4.18. The molecule has 8 heteroatoms. The molecule has 0 atom stereocenters. The number of hydrogen-bond donors (Lipinski definition) is 0. The van der Waals surface area contributed by atoms with Crippen LogP contribution in [0.15, 0.2) is 6.07 Å². The number of halogens is 5. The van der Waals surface area contributed by atoms with E-state index in [4.69, 9.17) is 23.2 Å². The Hall–Kier alpha value is -0.750. The van der Waals surface area contributed by atoms with Crippen molar-refractivity contribution in [2.24, 2.45) is 0 Å². The Morgan fingerprint density at radius 3 is 2.43 bits per heavy atom. The Balaban J connectivity index is 2.68. The first kappa shape index (κ1) is 11.3. The molecule has 0 aliphatic heterocycles. The van der Waals surface area contributed by atoms with Crippen molar-refractivity contribution >= 4 is 23.2 Å². The van der Waals surface area contributed by atoms with E-state index >= 15 is 0 Å². The Morgan fingerprint density at radius 2 is 1.93 bits per heavy atom. The van der Waals surface area contributed by atoms with Crippen LogP contribution in [0, 0.1) is 0 Å². The maximum Gasteiger partial charge on any atom is 0.422 e. The van der Waals surface area contributed by atoms with Gasteiger partial charge < -0.3 is 4.74 Å². The number of rotatable bonds is 2. The summed E-state index contributed by atoms with van der Waals surface area (Å²) in [6, 6.07) is 1.04. The van der Waals surface area contributed by atoms with E-state index in [1.165, 1.54) is 0 Å². The standard InChI is InChI=1S/C6H3Cl2F3N2O/c7-3-1-4(13-5(8)12-3)14-2-6(9,10)11/h1H,2H2. The van der Waals surface area contributed by atoms with Gasteiger partial charge in [0.05, 0.1) is 0 Å². The van der Waals surface area contributed by atoms with E-state index in [1.807, 2.05) is 0 Å². The zero-order valence-electron chi connectivity index (χ0n) is 6.48. The van der Waals surface area contributed by atoms with Crippen LogP contribution >= 0.6 is 23.2 Å². The first-order valence-electron chi connectivity index (χ1n) is 3.26. The summed E-state index contributed by atoms with van der Waals surface area (Å²) in [5.74, 6) is -0.313. The van der Waals surface area contributed by atoms with E-state index < -0.39 is 12.8 Å². The van der Waals surface area contributed by atoms with E-state index in [0.717, 1.165) is 6.07 Å². The molecule has 1 aromatic heterocycles. The fourth-order valence-corrected chi connectivity index (χ4v) is 0.991. The van der Waals surface area contributed by atoms with Crippen LogP contribution in [0.3, 0.4) is 0 Å². The number of ether oxygens (including phenoxy) is 1. The van der Waals surface area contributed by atoms with E-state index in [2.05, 4.69) is 14.7 Å². The average molecular weight is 247 g/mol. The summed E-state index contributed by atoms with van der Waals surface area (Å²) in [7, 11) is 0. The van der Waals surface area contributed by atoms with Gasteiger partial charge in [0.15, 0.2) is 6.61 Å². The Kier molecular flexibility index (Phi) is 3.38. The molecular formula is C6H3Cl2F3N2O. The molecule has 0 saturated heterocycles. The van der Waals surface area contributed by atoms with Crippen molar-refractivity contribution in [3.63, 3.8) is 0 Å². The van der Waals surface area contributed by atoms with Crippen LogP contribution in [0.5, 0.6) is 5.88 Å². The largest absolute Gasteiger partial charge is 0.468 e. The van der Waals surface area contributed by atoms with Crippen molar-refractivity contribution in [1.82, 2.24) is 9.97 Å². The third kappa shape index (κ3) is 3.97. The van der Waals surface area contributed by atoms with E-state index in [-0.39, 0.29) is 16.3 Å². The predicted octanol–water partition coefficient (Wildman–Crippen LogP) is 2.72. The van der Waals surface area contributed by atoms with Gasteiger partial charge in [-0.1, -0.05) is 11.6 Å². The SMILES string of the molecule is FC(F)(F)COc1cc(Cl)nc(Cl)n1. The van der Waals surface area contributed by atoms with Crippen LogP contribution in [0.4, 0.5) is 13.2 Å². The van der Waals surface area contributed by atoms with Gasteiger partial charge >= 0.3 is 6.18 Å². The van der Waals surface area contributed by atoms with Crippen molar-refractivity contribution in [2.75, 3.05) is 6.61 Å². The van der Waals surface area contributed by atoms with Crippen LogP contribution in [0.1, 0.15) is 0 Å². The van der Waals surface area contributed by atoms with Crippen LogP contribution in [0.25, 0.3) is 0 Å². The predicted molar refractivity (Wildman–Crippen MR) is 43.6 cm³/mol. The molecule has 0 aliphatic carbocycles. The van der Waals surface area contributed by atoms with Gasteiger partial charge in [-0.3, -0.25) is 0 Å². The van der Waals surface area contributed by atoms with Crippen LogP contribution in [-0.4, -0.2) is 22.8 Å². The summed E-state index contributed by atoms with van der Waals surface area (Å²) in [5, 5.41) is -0.350. The van der Waals surface area contributed by atoms with Gasteiger partial charge in [0.1, 0.15) is 5.15 Å². The first-order valence-corrected chi connectivity index (χ1v) is 4.02. The Morgan fingerprint density at radius 1 is 1.29 bits per heavy atom. The maximum atomic E-state index is 11.7. The highest BCUT2D eigenvalue weighted by Crippen LogP contribution is 2.20. The molecule has 1 rings (SSSR count). The molecule has 0 aliphatic rings. The second-order valence-electron chi connectivity index (χ2n) is 2.20. The molecule has 0 aromatic carbocycles. The summed E-state index contributed by atoms with van der Waals surface area (Å²) in [6.45, 7) is -1.45. The van der Waals surface area contributed by atoms with Crippen LogP contribution in [0.2, 0.25) is 10.4 Å². The summed E-state index contributed by atoms with van der Waals surface area (Å²) in [5.41, 5.74) is 0. The lowest BCUT2D eigenvalue weighted by atomic mass is 10.6. The minimum absolute atomic E-state index is 0.0813. The normalized spacial score (nSPS) is 11.5. The van der Waals surface area contributed by atoms with E-state index in [9.17, 15) is 13.2 Å². The van der Waals surface area contributed by atoms with Gasteiger partial charge in [-0.25, -0.2) is 4.98 Å². The minimum Gasteiger partial charge on any atom is -0.468 e. The minimum atomic E-state index is -4.43. The Bertz CT molecular complexity index is 311. The summed E-state index contributed by atoms with van der Waals surface area (Å²) in [4.78, 5) is 6.82. The van der Waals surface area contributed by atoms with Gasteiger partial charge in [-0.2, -0.15) is 18.2 Å². The molecule has 0 spiro atoms. The lowest BCUT2D eigenvalue weighted by Crippen LogP contribution is -2.19. The smallest absolute Gasteiger partial charge is 0.422 e. The van der Waals surface area contributed by atoms with Gasteiger partial charge in [-0.05, 0) is 11.6 Å². The molecule has 0 radical (unpaired) electrons. The molecule has 3 nitrogen and oxygen atoms in total. The molecular weight excluding hydrogens is 244 g/mol. The third-order valence-electron chi connectivity index (χ3n) is 1.03. The topological polar surface area (TPSA) is 35.0 Å². The highest BCUT2D eigenvalue weighted by Gasteiger charge is 2.28. The highest BCUT2D eigenvalue weighted by atomic mass is 35.5. The first-order chi connectivity index (χ1) is 6.37. The molecule has 1 heterocycles. The quantitative estimate of drug-likeness (QED) is 0.595. The van der Waals surface area contributed by atoms with E-state index in [1.54, 1.807) is 0 Å². The molecule has 0 unspecified atom stereocenters. The number of alkyl halides is 3. The van der Waals surface area contributed by atoms with Crippen molar-refractivity contribution < 1.29 is 17.9 Å². The third-order valence-corrected chi connectivity index (χ3v) is 1.39. The van der Waals surface area contributed by atoms with Crippen LogP contribution < -0.4 is 4.74 Å². The maximum absolute atomic E-state index is 11.7. The van der Waals surface area contributed by atoms with Crippen molar-refractivity contribution in [1.29, 1.82) is 0 Å². The average Bonchev–Trinajstić information content (AvgIpc) is 1.97. The zero-order chi connectivity index (χ0) is 10.8. The summed E-state index contributed by atoms with van der Waals surface area (Å²) < 4.78 is 39.4. The molecule has 1 aromatic rings. The highest BCUT2D eigenvalue weighted by molar-refractivity contribution is 6.31. The molecule has 0 N–H and O–H groups in total. The monoisotopic (exact) mass is 246 g/mol. The molecule has 0 saturated carbocycles. The van der Waals surface area contributed by atoms with Crippen molar-refractivity contribution in [3.05, 3.63) is 16.5 Å². The lowest BCUT2D eigenvalue weighted by Gasteiger charge is -2.07. The number of nitrogens with zero attached hydrogens (tertiary/aromatic N) is 2. The second-order valence-corrected chi connectivity index (χ2v) is 2.93. The molecule has 0 fully saturated rings. The summed E-state index contributed by atoms with van der Waals surface area (Å²) in [6.07, 6.45) is -4.43. The fraction of sp³-hybridized carbons (Fsp3) is 0.333.